The molecular formula is C16H14N2OS. The number of nitrogens with zero attached hydrogens (tertiary/aromatic N) is 2. The van der Waals surface area contributed by atoms with E-state index >= 15 is 0 Å². The third-order valence-corrected chi connectivity index (χ3v) is 3.98. The summed E-state index contributed by atoms with van der Waals surface area (Å²) in [5, 5.41) is 3.85. The molecular weight excluding hydrogens is 268 g/mol. The normalized spacial score (nSPS) is 10.9. The van der Waals surface area contributed by atoms with Crippen LogP contribution >= 0.6 is 11.3 Å². The van der Waals surface area contributed by atoms with Gasteiger partial charge in [0.05, 0.1) is 22.6 Å². The monoisotopic (exact) mass is 282 g/mol. The molecule has 4 heteroatoms. The van der Waals surface area contributed by atoms with Crippen molar-refractivity contribution in [3.05, 3.63) is 57.7 Å². The Morgan fingerprint density at radius 2 is 2.00 bits per heavy atom. The largest absolute Gasteiger partial charge is 0.294 e. The topological polar surface area (TPSA) is 42.9 Å². The lowest BCUT2D eigenvalue weighted by atomic mass is 10.0. The summed E-state index contributed by atoms with van der Waals surface area (Å²) in [6, 6.07) is 9.62. The van der Waals surface area contributed by atoms with E-state index in [1.165, 1.54) is 0 Å². The number of fused-ring (bicyclic) bond motifs is 1. The maximum atomic E-state index is 12.5. The van der Waals surface area contributed by atoms with Gasteiger partial charge in [-0.15, -0.1) is 11.3 Å². The zero-order valence-corrected chi connectivity index (χ0v) is 12.2. The van der Waals surface area contributed by atoms with Gasteiger partial charge in [-0.25, -0.2) is 4.98 Å². The summed E-state index contributed by atoms with van der Waals surface area (Å²) >= 11 is 1.57. The summed E-state index contributed by atoms with van der Waals surface area (Å²) in [5.74, 6) is 0.0944. The highest BCUT2D eigenvalue weighted by Gasteiger charge is 2.13. The minimum atomic E-state index is 0.0944. The molecule has 0 saturated heterocycles. The van der Waals surface area contributed by atoms with Gasteiger partial charge >= 0.3 is 0 Å². The van der Waals surface area contributed by atoms with Crippen LogP contribution in [0.25, 0.3) is 10.9 Å². The number of aromatic nitrogens is 2. The number of aryl methyl sites for hydroxylation is 2. The third kappa shape index (κ3) is 2.47. The van der Waals surface area contributed by atoms with Gasteiger partial charge in [-0.3, -0.25) is 9.78 Å². The molecule has 0 aliphatic rings. The van der Waals surface area contributed by atoms with E-state index in [1.54, 1.807) is 11.3 Å². The number of Topliss-reactive ketones (excluding diaryl/α,β-unsaturated/α-hetero) is 1. The molecule has 0 radical (unpaired) electrons. The van der Waals surface area contributed by atoms with Crippen LogP contribution in [0.5, 0.6) is 0 Å². The lowest BCUT2D eigenvalue weighted by Gasteiger charge is -2.06. The number of hydrogen-bond acceptors (Lipinski definition) is 4. The second kappa shape index (κ2) is 5.13. The van der Waals surface area contributed by atoms with Crippen LogP contribution in [0.1, 0.15) is 26.8 Å². The average molecular weight is 282 g/mol. The molecule has 20 heavy (non-hydrogen) atoms. The van der Waals surface area contributed by atoms with Crippen molar-refractivity contribution in [1.82, 2.24) is 9.97 Å². The summed E-state index contributed by atoms with van der Waals surface area (Å²) in [6.07, 6.45) is 0.345. The van der Waals surface area contributed by atoms with Crippen LogP contribution in [0.3, 0.4) is 0 Å². The number of rotatable bonds is 3. The van der Waals surface area contributed by atoms with Gasteiger partial charge in [-0.2, -0.15) is 0 Å². The zero-order chi connectivity index (χ0) is 14.1. The Labute approximate surface area is 121 Å². The molecule has 0 atom stereocenters. The quantitative estimate of drug-likeness (QED) is 0.687. The second-order valence-corrected chi connectivity index (χ2v) is 5.85. The van der Waals surface area contributed by atoms with E-state index in [0.717, 1.165) is 32.9 Å². The fraction of sp³-hybridized carbons (Fsp3) is 0.188. The van der Waals surface area contributed by atoms with Crippen molar-refractivity contribution in [2.24, 2.45) is 0 Å². The Bertz CT molecular complexity index is 792. The van der Waals surface area contributed by atoms with Crippen LogP contribution in [0.15, 0.2) is 35.7 Å². The number of thiazole rings is 1. The van der Waals surface area contributed by atoms with Crippen LogP contribution in [-0.4, -0.2) is 15.8 Å². The van der Waals surface area contributed by atoms with Crippen LogP contribution < -0.4 is 0 Å². The highest BCUT2D eigenvalue weighted by molar-refractivity contribution is 7.09. The molecule has 2 aromatic heterocycles. The first-order valence-electron chi connectivity index (χ1n) is 6.44. The number of carbonyl (C=O) groups is 1. The van der Waals surface area contributed by atoms with E-state index in [-0.39, 0.29) is 5.78 Å². The SMILES string of the molecule is Cc1cc(C(=O)Cc2csc(C)n2)c2ccccc2n1. The van der Waals surface area contributed by atoms with E-state index in [9.17, 15) is 4.79 Å². The summed E-state index contributed by atoms with van der Waals surface area (Å²) in [6.45, 7) is 3.86. The third-order valence-electron chi connectivity index (χ3n) is 3.15. The second-order valence-electron chi connectivity index (χ2n) is 4.79. The summed E-state index contributed by atoms with van der Waals surface area (Å²) in [5.41, 5.74) is 3.31. The van der Waals surface area contributed by atoms with E-state index in [0.29, 0.717) is 6.42 Å². The van der Waals surface area contributed by atoms with Crippen molar-refractivity contribution in [2.75, 3.05) is 0 Å². The molecule has 0 bridgehead atoms. The van der Waals surface area contributed by atoms with E-state index < -0.39 is 0 Å². The van der Waals surface area contributed by atoms with Crippen molar-refractivity contribution >= 4 is 28.0 Å². The lowest BCUT2D eigenvalue weighted by Crippen LogP contribution is -2.06. The molecule has 0 aliphatic heterocycles. The molecule has 0 saturated carbocycles. The van der Waals surface area contributed by atoms with Gasteiger partial charge in [0.25, 0.3) is 0 Å². The molecule has 3 rings (SSSR count). The van der Waals surface area contributed by atoms with Crippen LogP contribution in [0, 0.1) is 13.8 Å². The maximum absolute atomic E-state index is 12.5. The average Bonchev–Trinajstić information content (AvgIpc) is 2.83. The van der Waals surface area contributed by atoms with E-state index in [2.05, 4.69) is 9.97 Å². The molecule has 0 unspecified atom stereocenters. The molecule has 0 fully saturated rings. The molecule has 0 aliphatic carbocycles. The summed E-state index contributed by atoms with van der Waals surface area (Å²) < 4.78 is 0. The number of benzene rings is 1. The van der Waals surface area contributed by atoms with Crippen LogP contribution in [0.4, 0.5) is 0 Å². The molecule has 2 heterocycles. The number of carbonyl (C=O) groups excluding carboxylic acids is 1. The van der Waals surface area contributed by atoms with Gasteiger partial charge < -0.3 is 0 Å². The highest BCUT2D eigenvalue weighted by Crippen LogP contribution is 2.20. The minimum absolute atomic E-state index is 0.0944. The van der Waals surface area contributed by atoms with Crippen molar-refractivity contribution in [2.45, 2.75) is 20.3 Å². The Hall–Kier alpha value is -2.07. The molecule has 3 nitrogen and oxygen atoms in total. The minimum Gasteiger partial charge on any atom is -0.294 e. The standard InChI is InChI=1S/C16H14N2OS/c1-10-7-14(13-5-3-4-6-15(13)17-10)16(19)8-12-9-20-11(2)18-12/h3-7,9H,8H2,1-2H3. The molecule has 0 amide bonds. The van der Waals surface area contributed by atoms with Gasteiger partial charge in [-0.1, -0.05) is 18.2 Å². The number of ketones is 1. The van der Waals surface area contributed by atoms with E-state index in [4.69, 9.17) is 0 Å². The Kier molecular flexibility index (Phi) is 3.32. The Morgan fingerprint density at radius 1 is 1.20 bits per heavy atom. The fourth-order valence-electron chi connectivity index (χ4n) is 2.29. The summed E-state index contributed by atoms with van der Waals surface area (Å²) in [7, 11) is 0. The number of para-hydroxylation sites is 1. The van der Waals surface area contributed by atoms with Crippen molar-refractivity contribution in [1.29, 1.82) is 0 Å². The fourth-order valence-corrected chi connectivity index (χ4v) is 2.90. The van der Waals surface area contributed by atoms with Crippen molar-refractivity contribution < 1.29 is 4.79 Å². The van der Waals surface area contributed by atoms with Crippen LogP contribution in [-0.2, 0) is 6.42 Å². The molecule has 1 aromatic carbocycles. The smallest absolute Gasteiger partial charge is 0.169 e. The maximum Gasteiger partial charge on any atom is 0.169 e. The molecule has 100 valence electrons. The number of hydrogen-bond donors (Lipinski definition) is 0. The zero-order valence-electron chi connectivity index (χ0n) is 11.4. The van der Waals surface area contributed by atoms with Gasteiger partial charge in [0, 0.05) is 22.0 Å². The van der Waals surface area contributed by atoms with Gasteiger partial charge in [0.15, 0.2) is 5.78 Å². The lowest BCUT2D eigenvalue weighted by molar-refractivity contribution is 0.0993. The molecule has 0 N–H and O–H groups in total. The van der Waals surface area contributed by atoms with Gasteiger partial charge in [0.1, 0.15) is 0 Å². The highest BCUT2D eigenvalue weighted by atomic mass is 32.1. The first-order chi connectivity index (χ1) is 9.63. The van der Waals surface area contributed by atoms with Gasteiger partial charge in [0.2, 0.25) is 0 Å². The predicted octanol–water partition coefficient (Wildman–Crippen LogP) is 3.73. The van der Waals surface area contributed by atoms with Crippen LogP contribution in [0.2, 0.25) is 0 Å². The molecule has 3 aromatic rings. The predicted molar refractivity (Wildman–Crippen MR) is 81.4 cm³/mol. The molecule has 0 spiro atoms. The Morgan fingerprint density at radius 3 is 2.75 bits per heavy atom. The van der Waals surface area contributed by atoms with Crippen molar-refractivity contribution in [3.63, 3.8) is 0 Å². The summed E-state index contributed by atoms with van der Waals surface area (Å²) in [4.78, 5) is 21.4. The first-order valence-corrected chi connectivity index (χ1v) is 7.32. The van der Waals surface area contributed by atoms with Gasteiger partial charge in [-0.05, 0) is 26.0 Å². The van der Waals surface area contributed by atoms with E-state index in [1.807, 2.05) is 49.6 Å². The van der Waals surface area contributed by atoms with Crippen molar-refractivity contribution in [3.8, 4) is 0 Å². The Balaban J connectivity index is 2.02. The number of pyridine rings is 1. The first kappa shape index (κ1) is 12.9.